The summed E-state index contributed by atoms with van der Waals surface area (Å²) in [6.45, 7) is 0. The van der Waals surface area contributed by atoms with E-state index < -0.39 is 5.25 Å². The van der Waals surface area contributed by atoms with E-state index in [0.717, 1.165) is 31.2 Å². The van der Waals surface area contributed by atoms with Gasteiger partial charge in [0.25, 0.3) is 0 Å². The highest BCUT2D eigenvalue weighted by molar-refractivity contribution is 8.00. The first-order chi connectivity index (χ1) is 11.2. The fourth-order valence-electron chi connectivity index (χ4n) is 2.33. The Morgan fingerprint density at radius 2 is 2.00 bits per heavy atom. The molecule has 4 rings (SSSR count). The largest absolute Gasteiger partial charge is 0.352 e. The average Bonchev–Trinajstić information content (AvgIpc) is 3.47. The SMILES string of the molecule is O=C(NC1CC1)C(Sc1nnnn1C1CC1)c1ccc(F)cc1. The van der Waals surface area contributed by atoms with Gasteiger partial charge in [-0.05, 0) is 53.8 Å². The number of aromatic nitrogens is 4. The van der Waals surface area contributed by atoms with Gasteiger partial charge in [-0.15, -0.1) is 5.10 Å². The van der Waals surface area contributed by atoms with Gasteiger partial charge in [0.15, 0.2) is 0 Å². The van der Waals surface area contributed by atoms with Gasteiger partial charge in [0.2, 0.25) is 11.1 Å². The Bertz CT molecular complexity index is 711. The summed E-state index contributed by atoms with van der Waals surface area (Å²) in [6, 6.07) is 6.64. The monoisotopic (exact) mass is 333 g/mol. The van der Waals surface area contributed by atoms with Crippen molar-refractivity contribution in [3.63, 3.8) is 0 Å². The number of hydrogen-bond donors (Lipinski definition) is 1. The van der Waals surface area contributed by atoms with Crippen LogP contribution in [0.15, 0.2) is 29.4 Å². The van der Waals surface area contributed by atoms with E-state index >= 15 is 0 Å². The maximum Gasteiger partial charge on any atom is 0.238 e. The van der Waals surface area contributed by atoms with Gasteiger partial charge in [-0.2, -0.15) is 0 Å². The lowest BCUT2D eigenvalue weighted by molar-refractivity contribution is -0.120. The fraction of sp³-hybridized carbons (Fsp3) is 0.467. The number of hydrogen-bond acceptors (Lipinski definition) is 5. The molecule has 6 nitrogen and oxygen atoms in total. The second-order valence-corrected chi connectivity index (χ2v) is 7.04. The third kappa shape index (κ3) is 3.36. The van der Waals surface area contributed by atoms with Crippen molar-refractivity contribution >= 4 is 17.7 Å². The highest BCUT2D eigenvalue weighted by Gasteiger charge is 2.33. The maximum atomic E-state index is 13.2. The molecule has 1 atom stereocenters. The molecule has 1 N–H and O–H groups in total. The zero-order chi connectivity index (χ0) is 15.8. The first-order valence-electron chi connectivity index (χ1n) is 7.71. The number of nitrogens with one attached hydrogen (secondary N) is 1. The van der Waals surface area contributed by atoms with Crippen LogP contribution in [0.25, 0.3) is 0 Å². The molecule has 2 aromatic rings. The van der Waals surface area contributed by atoms with Crippen LogP contribution in [-0.4, -0.2) is 32.2 Å². The summed E-state index contributed by atoms with van der Waals surface area (Å²) in [6.07, 6.45) is 4.17. The quantitative estimate of drug-likeness (QED) is 0.821. The molecule has 1 amide bonds. The van der Waals surface area contributed by atoms with Gasteiger partial charge in [-0.1, -0.05) is 23.9 Å². The van der Waals surface area contributed by atoms with E-state index in [1.807, 2.05) is 0 Å². The number of rotatable bonds is 6. The second kappa shape index (κ2) is 5.92. The van der Waals surface area contributed by atoms with Crippen LogP contribution in [0.5, 0.6) is 0 Å². The van der Waals surface area contributed by atoms with Gasteiger partial charge in [-0.3, -0.25) is 4.79 Å². The van der Waals surface area contributed by atoms with Gasteiger partial charge >= 0.3 is 0 Å². The Balaban J connectivity index is 1.59. The van der Waals surface area contributed by atoms with Crippen molar-refractivity contribution in [2.45, 2.75) is 48.2 Å². The smallest absolute Gasteiger partial charge is 0.238 e. The number of carbonyl (C=O) groups is 1. The van der Waals surface area contributed by atoms with Crippen LogP contribution in [0.3, 0.4) is 0 Å². The molecule has 2 aliphatic rings. The first kappa shape index (κ1) is 14.6. The number of carbonyl (C=O) groups excluding carboxylic acids is 1. The van der Waals surface area contributed by atoms with Crippen LogP contribution in [-0.2, 0) is 4.79 Å². The third-order valence-corrected chi connectivity index (χ3v) is 5.11. The van der Waals surface area contributed by atoms with Crippen LogP contribution >= 0.6 is 11.8 Å². The lowest BCUT2D eigenvalue weighted by atomic mass is 10.1. The molecule has 0 spiro atoms. The van der Waals surface area contributed by atoms with Crippen LogP contribution in [0.2, 0.25) is 0 Å². The molecular weight excluding hydrogens is 317 g/mol. The van der Waals surface area contributed by atoms with E-state index in [4.69, 9.17) is 0 Å². The zero-order valence-corrected chi connectivity index (χ0v) is 13.2. The van der Waals surface area contributed by atoms with E-state index in [2.05, 4.69) is 20.8 Å². The summed E-state index contributed by atoms with van der Waals surface area (Å²) in [5.74, 6) is -0.391. The molecule has 1 heterocycles. The molecule has 2 fully saturated rings. The van der Waals surface area contributed by atoms with E-state index in [1.165, 1.54) is 23.9 Å². The molecule has 8 heteroatoms. The fourth-order valence-corrected chi connectivity index (χ4v) is 3.39. The zero-order valence-electron chi connectivity index (χ0n) is 12.4. The van der Waals surface area contributed by atoms with Crippen molar-refractivity contribution in [2.24, 2.45) is 0 Å². The molecule has 120 valence electrons. The standard InChI is InChI=1S/C15H16FN5OS/c16-10-3-1-9(2-4-10)13(14(22)17-11-5-6-11)23-15-18-19-20-21(15)12-7-8-12/h1-4,11-13H,5-8H2,(H,17,22). The summed E-state index contributed by atoms with van der Waals surface area (Å²) in [7, 11) is 0. The van der Waals surface area contributed by atoms with E-state index in [0.29, 0.717) is 11.2 Å². The Labute approximate surface area is 136 Å². The highest BCUT2D eigenvalue weighted by atomic mass is 32.2. The van der Waals surface area contributed by atoms with Crippen molar-refractivity contribution in [3.05, 3.63) is 35.6 Å². The minimum atomic E-state index is -0.486. The molecule has 1 unspecified atom stereocenters. The molecule has 2 aliphatic carbocycles. The van der Waals surface area contributed by atoms with Crippen LogP contribution in [0.4, 0.5) is 4.39 Å². The summed E-state index contributed by atoms with van der Waals surface area (Å²) in [5, 5.41) is 14.9. The molecule has 0 aliphatic heterocycles. The molecule has 0 saturated heterocycles. The summed E-state index contributed by atoms with van der Waals surface area (Å²) in [4.78, 5) is 12.6. The number of tetrazole rings is 1. The Morgan fingerprint density at radius 3 is 2.65 bits per heavy atom. The Kier molecular flexibility index (Phi) is 3.76. The Morgan fingerprint density at radius 1 is 1.26 bits per heavy atom. The minimum absolute atomic E-state index is 0.0746. The van der Waals surface area contributed by atoms with Crippen LogP contribution in [0, 0.1) is 5.82 Å². The number of nitrogens with zero attached hydrogens (tertiary/aromatic N) is 4. The molecule has 0 radical (unpaired) electrons. The maximum absolute atomic E-state index is 13.2. The molecule has 1 aromatic heterocycles. The van der Waals surface area contributed by atoms with E-state index in [1.54, 1.807) is 16.8 Å². The van der Waals surface area contributed by atoms with Crippen LogP contribution < -0.4 is 5.32 Å². The lowest BCUT2D eigenvalue weighted by Crippen LogP contribution is -2.30. The van der Waals surface area contributed by atoms with E-state index in [-0.39, 0.29) is 17.8 Å². The van der Waals surface area contributed by atoms with Gasteiger partial charge < -0.3 is 5.32 Å². The van der Waals surface area contributed by atoms with Crippen molar-refractivity contribution in [1.29, 1.82) is 0 Å². The number of halogens is 1. The summed E-state index contributed by atoms with van der Waals surface area (Å²) >= 11 is 1.32. The summed E-state index contributed by atoms with van der Waals surface area (Å²) in [5.41, 5.74) is 0.750. The minimum Gasteiger partial charge on any atom is -0.352 e. The lowest BCUT2D eigenvalue weighted by Gasteiger charge is -2.16. The van der Waals surface area contributed by atoms with Gasteiger partial charge in [-0.25, -0.2) is 9.07 Å². The molecule has 1 aromatic carbocycles. The van der Waals surface area contributed by atoms with Gasteiger partial charge in [0.05, 0.1) is 6.04 Å². The van der Waals surface area contributed by atoms with Crippen LogP contribution in [0.1, 0.15) is 42.5 Å². The molecule has 0 bridgehead atoms. The molecular formula is C15H16FN5OS. The predicted octanol–water partition coefficient (Wildman–Crippen LogP) is 2.26. The normalized spacial score (nSPS) is 18.7. The number of amides is 1. The van der Waals surface area contributed by atoms with Crippen molar-refractivity contribution in [3.8, 4) is 0 Å². The van der Waals surface area contributed by atoms with Gasteiger partial charge in [0.1, 0.15) is 11.1 Å². The topological polar surface area (TPSA) is 72.7 Å². The third-order valence-electron chi connectivity index (χ3n) is 3.91. The second-order valence-electron chi connectivity index (χ2n) is 5.97. The first-order valence-corrected chi connectivity index (χ1v) is 8.59. The number of benzene rings is 1. The predicted molar refractivity (Wildman–Crippen MR) is 82.3 cm³/mol. The molecule has 2 saturated carbocycles. The van der Waals surface area contributed by atoms with Crippen molar-refractivity contribution < 1.29 is 9.18 Å². The van der Waals surface area contributed by atoms with Gasteiger partial charge in [0, 0.05) is 6.04 Å². The average molecular weight is 333 g/mol. The summed E-state index contributed by atoms with van der Waals surface area (Å²) < 4.78 is 15.0. The highest BCUT2D eigenvalue weighted by Crippen LogP contribution is 2.40. The van der Waals surface area contributed by atoms with Crippen molar-refractivity contribution in [2.75, 3.05) is 0 Å². The van der Waals surface area contributed by atoms with E-state index in [9.17, 15) is 9.18 Å². The Hall–Kier alpha value is -1.96. The van der Waals surface area contributed by atoms with Crippen molar-refractivity contribution in [1.82, 2.24) is 25.5 Å². The number of thioether (sulfide) groups is 1. The molecule has 23 heavy (non-hydrogen) atoms.